The number of nitrogens with one attached hydrogen (secondary N) is 1. The summed E-state index contributed by atoms with van der Waals surface area (Å²) in [5, 5.41) is 3.39. The van der Waals surface area contributed by atoms with E-state index in [0.717, 1.165) is 43.0 Å². The van der Waals surface area contributed by atoms with E-state index in [9.17, 15) is 9.59 Å². The Morgan fingerprint density at radius 3 is 2.55 bits per heavy atom. The van der Waals surface area contributed by atoms with E-state index >= 15 is 0 Å². The highest BCUT2D eigenvalue weighted by Gasteiger charge is 2.27. The van der Waals surface area contributed by atoms with Crippen molar-refractivity contribution in [2.24, 2.45) is 0 Å². The third-order valence-corrected chi connectivity index (χ3v) is 5.24. The van der Waals surface area contributed by atoms with Crippen molar-refractivity contribution in [3.63, 3.8) is 0 Å². The van der Waals surface area contributed by atoms with Gasteiger partial charge < -0.3 is 14.2 Å². The van der Waals surface area contributed by atoms with Gasteiger partial charge in [-0.3, -0.25) is 14.5 Å². The van der Waals surface area contributed by atoms with Gasteiger partial charge in [0.2, 0.25) is 0 Å². The highest BCUT2D eigenvalue weighted by atomic mass is 35.5. The normalized spacial score (nSPS) is 15.2. The van der Waals surface area contributed by atoms with Crippen LogP contribution in [-0.4, -0.2) is 30.4 Å². The van der Waals surface area contributed by atoms with Crippen LogP contribution in [0.3, 0.4) is 0 Å². The SMILES string of the molecule is Cc1ccc2c(=O)cc(C(=O)NCC(c3ccc(C)o3)N3CCCC3)oc2c1.Cl. The molecule has 1 N–H and O–H groups in total. The predicted molar refractivity (Wildman–Crippen MR) is 114 cm³/mol. The van der Waals surface area contributed by atoms with E-state index in [2.05, 4.69) is 10.2 Å². The fourth-order valence-electron chi connectivity index (χ4n) is 3.75. The second-order valence-corrected chi connectivity index (χ2v) is 7.39. The molecule has 3 aromatic rings. The molecule has 2 aromatic heterocycles. The molecule has 29 heavy (non-hydrogen) atoms. The Bertz CT molecular complexity index is 1070. The van der Waals surface area contributed by atoms with Gasteiger partial charge in [0, 0.05) is 12.6 Å². The second-order valence-electron chi connectivity index (χ2n) is 7.39. The number of benzene rings is 1. The van der Waals surface area contributed by atoms with Crippen LogP contribution in [0.4, 0.5) is 0 Å². The van der Waals surface area contributed by atoms with Crippen molar-refractivity contribution in [1.82, 2.24) is 10.2 Å². The quantitative estimate of drug-likeness (QED) is 0.680. The molecule has 1 aliphatic heterocycles. The molecule has 0 bridgehead atoms. The van der Waals surface area contributed by atoms with E-state index in [0.29, 0.717) is 17.5 Å². The lowest BCUT2D eigenvalue weighted by molar-refractivity contribution is 0.0906. The smallest absolute Gasteiger partial charge is 0.287 e. The van der Waals surface area contributed by atoms with Crippen LogP contribution in [0.5, 0.6) is 0 Å². The van der Waals surface area contributed by atoms with Gasteiger partial charge in [0.1, 0.15) is 17.1 Å². The third-order valence-electron chi connectivity index (χ3n) is 5.24. The van der Waals surface area contributed by atoms with Crippen LogP contribution < -0.4 is 10.7 Å². The Morgan fingerprint density at radius 2 is 1.86 bits per heavy atom. The van der Waals surface area contributed by atoms with Gasteiger partial charge in [0.15, 0.2) is 11.2 Å². The van der Waals surface area contributed by atoms with Gasteiger partial charge in [0.05, 0.1) is 11.4 Å². The lowest BCUT2D eigenvalue weighted by atomic mass is 10.1. The van der Waals surface area contributed by atoms with Gasteiger partial charge in [-0.1, -0.05) is 6.07 Å². The summed E-state index contributed by atoms with van der Waals surface area (Å²) >= 11 is 0. The summed E-state index contributed by atoms with van der Waals surface area (Å²) in [4.78, 5) is 27.3. The first-order valence-corrected chi connectivity index (χ1v) is 9.64. The van der Waals surface area contributed by atoms with E-state index in [1.807, 2.05) is 32.0 Å². The van der Waals surface area contributed by atoms with Crippen LogP contribution >= 0.6 is 12.4 Å². The average Bonchev–Trinajstić information content (AvgIpc) is 3.33. The maximum absolute atomic E-state index is 12.7. The zero-order valence-electron chi connectivity index (χ0n) is 16.6. The number of halogens is 1. The third kappa shape index (κ3) is 4.54. The summed E-state index contributed by atoms with van der Waals surface area (Å²) in [6, 6.07) is 10.5. The van der Waals surface area contributed by atoms with Gasteiger partial charge in [0.25, 0.3) is 5.91 Å². The number of nitrogens with zero attached hydrogens (tertiary/aromatic N) is 1. The van der Waals surface area contributed by atoms with E-state index in [1.165, 1.54) is 6.07 Å². The minimum Gasteiger partial charge on any atom is -0.465 e. The highest BCUT2D eigenvalue weighted by molar-refractivity contribution is 5.93. The average molecular weight is 417 g/mol. The highest BCUT2D eigenvalue weighted by Crippen LogP contribution is 2.26. The molecule has 0 spiro atoms. The molecule has 0 aliphatic carbocycles. The lowest BCUT2D eigenvalue weighted by Gasteiger charge is -2.26. The Morgan fingerprint density at radius 1 is 1.10 bits per heavy atom. The minimum atomic E-state index is -0.395. The summed E-state index contributed by atoms with van der Waals surface area (Å²) in [5.41, 5.74) is 1.18. The van der Waals surface area contributed by atoms with Gasteiger partial charge in [-0.05, 0) is 69.6 Å². The molecule has 1 aliphatic rings. The molecular weight excluding hydrogens is 392 g/mol. The van der Waals surface area contributed by atoms with E-state index < -0.39 is 5.91 Å². The molecule has 1 amide bonds. The molecule has 4 rings (SSSR count). The van der Waals surface area contributed by atoms with Crippen LogP contribution in [0.15, 0.2) is 50.0 Å². The number of hydrogen-bond donors (Lipinski definition) is 1. The lowest BCUT2D eigenvalue weighted by Crippen LogP contribution is -2.36. The Labute approximate surface area is 175 Å². The van der Waals surface area contributed by atoms with Crippen LogP contribution in [-0.2, 0) is 0 Å². The summed E-state index contributed by atoms with van der Waals surface area (Å²) in [6.45, 7) is 6.17. The van der Waals surface area contributed by atoms with Gasteiger partial charge in [-0.15, -0.1) is 12.4 Å². The molecule has 1 atom stereocenters. The summed E-state index contributed by atoms with van der Waals surface area (Å²) in [5.74, 6) is 1.32. The molecule has 3 heterocycles. The maximum atomic E-state index is 12.7. The fourth-order valence-corrected chi connectivity index (χ4v) is 3.75. The predicted octanol–water partition coefficient (Wildman–Crippen LogP) is 3.99. The van der Waals surface area contributed by atoms with Crippen molar-refractivity contribution in [3.8, 4) is 0 Å². The zero-order chi connectivity index (χ0) is 19.7. The standard InChI is InChI=1S/C22H24N2O4.ClH/c1-14-5-7-16-18(25)12-21(28-20(16)11-14)22(26)23-13-17(24-9-3-4-10-24)19-8-6-15(2)27-19;/h5-8,11-12,17H,3-4,9-10,13H2,1-2H3,(H,23,26);1H. The van der Waals surface area contributed by atoms with Crippen molar-refractivity contribution >= 4 is 29.3 Å². The van der Waals surface area contributed by atoms with Gasteiger partial charge in [-0.25, -0.2) is 0 Å². The number of aryl methyl sites for hydroxylation is 2. The molecule has 1 unspecified atom stereocenters. The Hall–Kier alpha value is -2.57. The van der Waals surface area contributed by atoms with Gasteiger partial charge in [-0.2, -0.15) is 0 Å². The number of rotatable bonds is 5. The molecule has 0 radical (unpaired) electrons. The summed E-state index contributed by atoms with van der Waals surface area (Å²) in [6.07, 6.45) is 2.28. The number of likely N-dealkylation sites (tertiary alicyclic amines) is 1. The number of fused-ring (bicyclic) bond motifs is 1. The van der Waals surface area contributed by atoms with Crippen molar-refractivity contribution in [1.29, 1.82) is 0 Å². The molecular formula is C22H25ClN2O4. The van der Waals surface area contributed by atoms with Crippen LogP contribution in [0, 0.1) is 13.8 Å². The van der Waals surface area contributed by atoms with Crippen LogP contribution in [0.1, 0.15) is 46.5 Å². The summed E-state index contributed by atoms with van der Waals surface area (Å²) in [7, 11) is 0. The number of carbonyl (C=O) groups is 1. The first-order valence-electron chi connectivity index (χ1n) is 9.64. The van der Waals surface area contributed by atoms with Crippen molar-refractivity contribution in [2.45, 2.75) is 32.7 Å². The fraction of sp³-hybridized carbons (Fsp3) is 0.364. The molecule has 1 saturated heterocycles. The number of amides is 1. The minimum absolute atomic E-state index is 0. The van der Waals surface area contributed by atoms with E-state index in [1.54, 1.807) is 12.1 Å². The first-order chi connectivity index (χ1) is 13.5. The monoisotopic (exact) mass is 416 g/mol. The molecule has 154 valence electrons. The first kappa shape index (κ1) is 21.1. The Balaban J connectivity index is 0.00000240. The topological polar surface area (TPSA) is 75.7 Å². The molecule has 0 saturated carbocycles. The molecule has 7 heteroatoms. The van der Waals surface area contributed by atoms with Gasteiger partial charge >= 0.3 is 0 Å². The molecule has 1 fully saturated rings. The molecule has 6 nitrogen and oxygen atoms in total. The van der Waals surface area contributed by atoms with Crippen molar-refractivity contribution in [2.75, 3.05) is 19.6 Å². The van der Waals surface area contributed by atoms with Crippen molar-refractivity contribution in [3.05, 3.63) is 69.5 Å². The Kier molecular flexibility index (Phi) is 6.45. The zero-order valence-corrected chi connectivity index (χ0v) is 17.4. The summed E-state index contributed by atoms with van der Waals surface area (Å²) < 4.78 is 11.5. The maximum Gasteiger partial charge on any atom is 0.287 e. The largest absolute Gasteiger partial charge is 0.465 e. The second kappa shape index (κ2) is 8.84. The van der Waals surface area contributed by atoms with E-state index in [-0.39, 0.29) is 29.6 Å². The van der Waals surface area contributed by atoms with E-state index in [4.69, 9.17) is 8.83 Å². The van der Waals surface area contributed by atoms with Crippen LogP contribution in [0.25, 0.3) is 11.0 Å². The number of carbonyl (C=O) groups excluding carboxylic acids is 1. The number of hydrogen-bond acceptors (Lipinski definition) is 5. The molecule has 1 aromatic carbocycles. The van der Waals surface area contributed by atoms with Crippen molar-refractivity contribution < 1.29 is 13.6 Å². The van der Waals surface area contributed by atoms with Crippen LogP contribution in [0.2, 0.25) is 0 Å². The number of furan rings is 1.